The van der Waals surface area contributed by atoms with Crippen LogP contribution in [0.3, 0.4) is 0 Å². The SMILES string of the molecule is CNc1nc(Nc2ccc(C#N)cc2Br)nc(N(C)C)n1. The molecule has 108 valence electrons. The second kappa shape index (κ2) is 6.37. The Morgan fingerprint density at radius 2 is 1.90 bits per heavy atom. The molecule has 0 unspecified atom stereocenters. The first kappa shape index (κ1) is 15.0. The molecule has 7 nitrogen and oxygen atoms in total. The van der Waals surface area contributed by atoms with Gasteiger partial charge in [-0.2, -0.15) is 20.2 Å². The lowest BCUT2D eigenvalue weighted by Gasteiger charge is -2.13. The number of halogens is 1. The summed E-state index contributed by atoms with van der Waals surface area (Å²) in [6.07, 6.45) is 0. The van der Waals surface area contributed by atoms with E-state index in [4.69, 9.17) is 5.26 Å². The fraction of sp³-hybridized carbons (Fsp3) is 0.231. The lowest BCUT2D eigenvalue weighted by molar-refractivity contribution is 0.963. The minimum Gasteiger partial charge on any atom is -0.357 e. The summed E-state index contributed by atoms with van der Waals surface area (Å²) in [5.41, 5.74) is 1.35. The van der Waals surface area contributed by atoms with Gasteiger partial charge in [-0.3, -0.25) is 0 Å². The average Bonchev–Trinajstić information content (AvgIpc) is 2.48. The van der Waals surface area contributed by atoms with Crippen LogP contribution in [0.5, 0.6) is 0 Å². The molecule has 0 bridgehead atoms. The Balaban J connectivity index is 2.35. The van der Waals surface area contributed by atoms with Crippen LogP contribution in [0.15, 0.2) is 22.7 Å². The molecule has 0 saturated heterocycles. The first-order valence-electron chi connectivity index (χ1n) is 6.11. The van der Waals surface area contributed by atoms with Crippen LogP contribution in [0.25, 0.3) is 0 Å². The van der Waals surface area contributed by atoms with E-state index in [0.29, 0.717) is 23.4 Å². The highest BCUT2D eigenvalue weighted by molar-refractivity contribution is 9.10. The minimum absolute atomic E-state index is 0.420. The maximum Gasteiger partial charge on any atom is 0.233 e. The number of hydrogen-bond acceptors (Lipinski definition) is 7. The molecule has 0 amide bonds. The third-order valence-corrected chi connectivity index (χ3v) is 3.25. The highest BCUT2D eigenvalue weighted by Crippen LogP contribution is 2.26. The van der Waals surface area contributed by atoms with E-state index in [1.54, 1.807) is 30.1 Å². The van der Waals surface area contributed by atoms with E-state index >= 15 is 0 Å². The number of benzene rings is 1. The van der Waals surface area contributed by atoms with Crippen molar-refractivity contribution in [1.82, 2.24) is 15.0 Å². The molecular formula is C13H14BrN7. The van der Waals surface area contributed by atoms with Crippen LogP contribution in [0.1, 0.15) is 5.56 Å². The van der Waals surface area contributed by atoms with Crippen molar-refractivity contribution >= 4 is 39.5 Å². The maximum atomic E-state index is 8.87. The van der Waals surface area contributed by atoms with Gasteiger partial charge in [-0.05, 0) is 34.1 Å². The zero-order valence-electron chi connectivity index (χ0n) is 11.8. The number of nitrogens with one attached hydrogen (secondary N) is 2. The standard InChI is InChI=1S/C13H14BrN7/c1-16-11-18-12(20-13(19-11)21(2)3)17-10-5-4-8(7-15)6-9(10)14/h4-6H,1-3H3,(H2,16,17,18,19,20). The second-order valence-corrected chi connectivity index (χ2v) is 5.21. The molecule has 2 aromatic rings. The molecule has 0 aliphatic heterocycles. The highest BCUT2D eigenvalue weighted by atomic mass is 79.9. The van der Waals surface area contributed by atoms with Gasteiger partial charge < -0.3 is 15.5 Å². The van der Waals surface area contributed by atoms with E-state index in [9.17, 15) is 0 Å². The third kappa shape index (κ3) is 3.58. The van der Waals surface area contributed by atoms with Gasteiger partial charge in [0.25, 0.3) is 0 Å². The van der Waals surface area contributed by atoms with Crippen molar-refractivity contribution < 1.29 is 0 Å². The Kier molecular flexibility index (Phi) is 4.55. The van der Waals surface area contributed by atoms with Crippen LogP contribution in [-0.4, -0.2) is 36.1 Å². The summed E-state index contributed by atoms with van der Waals surface area (Å²) in [5.74, 6) is 1.44. The molecule has 8 heteroatoms. The van der Waals surface area contributed by atoms with Gasteiger partial charge in [-0.15, -0.1) is 0 Å². The molecule has 1 heterocycles. The average molecular weight is 348 g/mol. The molecule has 21 heavy (non-hydrogen) atoms. The Labute approximate surface area is 131 Å². The molecule has 0 spiro atoms. The molecule has 2 N–H and O–H groups in total. The van der Waals surface area contributed by atoms with Gasteiger partial charge in [0.2, 0.25) is 17.8 Å². The predicted molar refractivity (Wildman–Crippen MR) is 85.8 cm³/mol. The van der Waals surface area contributed by atoms with Crippen molar-refractivity contribution in [1.29, 1.82) is 5.26 Å². The van der Waals surface area contributed by atoms with Crippen molar-refractivity contribution in [2.75, 3.05) is 36.7 Å². The lowest BCUT2D eigenvalue weighted by atomic mass is 10.2. The van der Waals surface area contributed by atoms with E-state index in [1.165, 1.54) is 0 Å². The van der Waals surface area contributed by atoms with E-state index in [1.807, 2.05) is 14.1 Å². The number of rotatable bonds is 4. The van der Waals surface area contributed by atoms with E-state index in [-0.39, 0.29) is 0 Å². The zero-order chi connectivity index (χ0) is 15.4. The van der Waals surface area contributed by atoms with Crippen molar-refractivity contribution in [2.45, 2.75) is 0 Å². The van der Waals surface area contributed by atoms with E-state index in [0.717, 1.165) is 10.2 Å². The Morgan fingerprint density at radius 1 is 1.19 bits per heavy atom. The molecule has 2 rings (SSSR count). The first-order valence-corrected chi connectivity index (χ1v) is 6.90. The molecule has 0 fully saturated rings. The maximum absolute atomic E-state index is 8.87. The van der Waals surface area contributed by atoms with Gasteiger partial charge in [-0.1, -0.05) is 0 Å². The van der Waals surface area contributed by atoms with Crippen LogP contribution >= 0.6 is 15.9 Å². The Bertz CT molecular complexity index is 693. The fourth-order valence-corrected chi connectivity index (χ4v) is 2.02. The molecule has 0 radical (unpaired) electrons. The summed E-state index contributed by atoms with van der Waals surface area (Å²) in [5, 5.41) is 14.9. The second-order valence-electron chi connectivity index (χ2n) is 4.36. The van der Waals surface area contributed by atoms with Crippen molar-refractivity contribution in [3.05, 3.63) is 28.2 Å². The third-order valence-electron chi connectivity index (χ3n) is 2.59. The van der Waals surface area contributed by atoms with Crippen LogP contribution in [0.2, 0.25) is 0 Å². The normalized spacial score (nSPS) is 9.86. The topological polar surface area (TPSA) is 89.8 Å². The molecule has 0 aliphatic carbocycles. The predicted octanol–water partition coefficient (Wildman–Crippen LogP) is 2.36. The van der Waals surface area contributed by atoms with E-state index in [2.05, 4.69) is 47.6 Å². The zero-order valence-corrected chi connectivity index (χ0v) is 13.4. The van der Waals surface area contributed by atoms with Crippen molar-refractivity contribution in [3.63, 3.8) is 0 Å². The van der Waals surface area contributed by atoms with Crippen molar-refractivity contribution in [2.24, 2.45) is 0 Å². The van der Waals surface area contributed by atoms with Crippen molar-refractivity contribution in [3.8, 4) is 6.07 Å². The van der Waals surface area contributed by atoms with Crippen LogP contribution in [0.4, 0.5) is 23.5 Å². The molecule has 0 atom stereocenters. The van der Waals surface area contributed by atoms with Crippen LogP contribution < -0.4 is 15.5 Å². The molecule has 1 aromatic carbocycles. The van der Waals surface area contributed by atoms with Gasteiger partial charge in [0, 0.05) is 25.6 Å². The highest BCUT2D eigenvalue weighted by Gasteiger charge is 2.09. The van der Waals surface area contributed by atoms with Gasteiger partial charge in [0.05, 0.1) is 17.3 Å². The number of nitriles is 1. The lowest BCUT2D eigenvalue weighted by Crippen LogP contribution is -2.15. The molecule has 0 saturated carbocycles. The molecule has 0 aliphatic rings. The number of nitrogens with zero attached hydrogens (tertiary/aromatic N) is 5. The Morgan fingerprint density at radius 3 is 2.48 bits per heavy atom. The first-order chi connectivity index (χ1) is 10.0. The smallest absolute Gasteiger partial charge is 0.233 e. The van der Waals surface area contributed by atoms with Crippen LogP contribution in [0, 0.1) is 11.3 Å². The quantitative estimate of drug-likeness (QED) is 0.877. The Hall–Kier alpha value is -2.40. The summed E-state index contributed by atoms with van der Waals surface area (Å²) in [4.78, 5) is 14.6. The van der Waals surface area contributed by atoms with Gasteiger partial charge in [0.15, 0.2) is 0 Å². The van der Waals surface area contributed by atoms with Crippen LogP contribution in [-0.2, 0) is 0 Å². The summed E-state index contributed by atoms with van der Waals surface area (Å²) in [6.45, 7) is 0. The van der Waals surface area contributed by atoms with Gasteiger partial charge in [0.1, 0.15) is 0 Å². The summed E-state index contributed by atoms with van der Waals surface area (Å²) in [7, 11) is 5.46. The minimum atomic E-state index is 0.420. The molecule has 1 aromatic heterocycles. The fourth-order valence-electron chi connectivity index (χ4n) is 1.54. The van der Waals surface area contributed by atoms with Gasteiger partial charge in [-0.25, -0.2) is 0 Å². The summed E-state index contributed by atoms with van der Waals surface area (Å²) in [6, 6.07) is 7.33. The van der Waals surface area contributed by atoms with E-state index < -0.39 is 0 Å². The summed E-state index contributed by atoms with van der Waals surface area (Å²) >= 11 is 3.42. The number of aromatic nitrogens is 3. The monoisotopic (exact) mass is 347 g/mol. The molecular weight excluding hydrogens is 334 g/mol. The van der Waals surface area contributed by atoms with Gasteiger partial charge >= 0.3 is 0 Å². The summed E-state index contributed by atoms with van der Waals surface area (Å²) < 4.78 is 0.763. The largest absolute Gasteiger partial charge is 0.357 e. The number of anilines is 4. The number of hydrogen-bond donors (Lipinski definition) is 2.